The van der Waals surface area contributed by atoms with Gasteiger partial charge >= 0.3 is 0 Å². The van der Waals surface area contributed by atoms with Crippen molar-refractivity contribution in [3.8, 4) is 11.5 Å². The summed E-state index contributed by atoms with van der Waals surface area (Å²) in [5.41, 5.74) is 3.62. The summed E-state index contributed by atoms with van der Waals surface area (Å²) in [5.74, 6) is 0.623. The molecule has 0 saturated carbocycles. The van der Waals surface area contributed by atoms with Gasteiger partial charge in [-0.3, -0.25) is 14.9 Å². The SMILES string of the molecule is COc1ccc(C(=O)Nc2nnc(CC(=O)N/N=C\c3ccccc3OC)s2)cc1. The van der Waals surface area contributed by atoms with Crippen LogP contribution in [0.5, 0.6) is 11.5 Å². The molecule has 3 rings (SSSR count). The molecule has 0 bridgehead atoms. The summed E-state index contributed by atoms with van der Waals surface area (Å²) in [7, 11) is 3.11. The van der Waals surface area contributed by atoms with Crippen LogP contribution in [0.4, 0.5) is 5.13 Å². The van der Waals surface area contributed by atoms with Crippen LogP contribution in [0.1, 0.15) is 20.9 Å². The van der Waals surface area contributed by atoms with Gasteiger partial charge < -0.3 is 9.47 Å². The van der Waals surface area contributed by atoms with Crippen LogP contribution in [0.15, 0.2) is 53.6 Å². The monoisotopic (exact) mass is 425 g/mol. The number of rotatable bonds is 8. The Morgan fingerprint density at radius 2 is 1.83 bits per heavy atom. The molecule has 0 atom stereocenters. The minimum absolute atomic E-state index is 0.0145. The summed E-state index contributed by atoms with van der Waals surface area (Å²) < 4.78 is 10.3. The van der Waals surface area contributed by atoms with Gasteiger partial charge in [-0.2, -0.15) is 5.10 Å². The molecule has 1 heterocycles. The Bertz CT molecular complexity index is 1050. The van der Waals surface area contributed by atoms with Crippen LogP contribution in [0, 0.1) is 0 Å². The summed E-state index contributed by atoms with van der Waals surface area (Å²) in [5, 5.41) is 15.2. The van der Waals surface area contributed by atoms with Gasteiger partial charge in [-0.15, -0.1) is 10.2 Å². The van der Waals surface area contributed by atoms with E-state index in [1.54, 1.807) is 44.6 Å². The van der Waals surface area contributed by atoms with E-state index in [4.69, 9.17) is 9.47 Å². The van der Waals surface area contributed by atoms with Crippen molar-refractivity contribution < 1.29 is 19.1 Å². The Balaban J connectivity index is 1.52. The molecule has 2 N–H and O–H groups in total. The average Bonchev–Trinajstić information content (AvgIpc) is 3.20. The second-order valence-corrected chi connectivity index (χ2v) is 6.96. The average molecular weight is 425 g/mol. The second kappa shape index (κ2) is 10.1. The van der Waals surface area contributed by atoms with Gasteiger partial charge in [0.1, 0.15) is 16.5 Å². The van der Waals surface area contributed by atoms with Crippen molar-refractivity contribution in [3.05, 3.63) is 64.7 Å². The van der Waals surface area contributed by atoms with Crippen LogP contribution in [0.3, 0.4) is 0 Å². The number of nitrogens with zero attached hydrogens (tertiary/aromatic N) is 3. The fourth-order valence-electron chi connectivity index (χ4n) is 2.41. The zero-order valence-corrected chi connectivity index (χ0v) is 17.1. The molecular weight excluding hydrogens is 406 g/mol. The van der Waals surface area contributed by atoms with Crippen molar-refractivity contribution in [2.24, 2.45) is 5.10 Å². The molecule has 0 aliphatic carbocycles. The minimum Gasteiger partial charge on any atom is -0.497 e. The summed E-state index contributed by atoms with van der Waals surface area (Å²) in [6, 6.07) is 14.0. The summed E-state index contributed by atoms with van der Waals surface area (Å²) >= 11 is 1.12. The highest BCUT2D eigenvalue weighted by Gasteiger charge is 2.12. The molecule has 2 amide bonds. The normalized spacial score (nSPS) is 10.6. The number of amides is 2. The molecule has 10 heteroatoms. The number of carbonyl (C=O) groups is 2. The first-order valence-electron chi connectivity index (χ1n) is 8.81. The van der Waals surface area contributed by atoms with Crippen molar-refractivity contribution in [3.63, 3.8) is 0 Å². The lowest BCUT2D eigenvalue weighted by atomic mass is 10.2. The quantitative estimate of drug-likeness (QED) is 0.423. The molecule has 0 aliphatic rings. The summed E-state index contributed by atoms with van der Waals surface area (Å²) in [6.45, 7) is 0. The van der Waals surface area contributed by atoms with E-state index in [9.17, 15) is 9.59 Å². The van der Waals surface area contributed by atoms with E-state index >= 15 is 0 Å². The van der Waals surface area contributed by atoms with Gasteiger partial charge in [0.25, 0.3) is 5.91 Å². The number of ether oxygens (including phenoxy) is 2. The first-order valence-corrected chi connectivity index (χ1v) is 9.63. The third-order valence-corrected chi connectivity index (χ3v) is 4.72. The maximum Gasteiger partial charge on any atom is 0.257 e. The fourth-order valence-corrected chi connectivity index (χ4v) is 3.14. The van der Waals surface area contributed by atoms with E-state index in [0.717, 1.165) is 16.9 Å². The molecule has 154 valence electrons. The lowest BCUT2D eigenvalue weighted by Crippen LogP contribution is -2.19. The van der Waals surface area contributed by atoms with Crippen LogP contribution < -0.4 is 20.2 Å². The van der Waals surface area contributed by atoms with Crippen molar-refractivity contribution in [1.82, 2.24) is 15.6 Å². The van der Waals surface area contributed by atoms with Gasteiger partial charge in [-0.1, -0.05) is 23.5 Å². The van der Waals surface area contributed by atoms with E-state index in [-0.39, 0.29) is 18.2 Å². The molecule has 2 aromatic carbocycles. The van der Waals surface area contributed by atoms with E-state index in [1.807, 2.05) is 18.2 Å². The fraction of sp³-hybridized carbons (Fsp3) is 0.150. The number of anilines is 1. The molecule has 0 radical (unpaired) electrons. The van der Waals surface area contributed by atoms with E-state index in [2.05, 4.69) is 26.0 Å². The van der Waals surface area contributed by atoms with Crippen LogP contribution in [-0.4, -0.2) is 42.4 Å². The standard InChI is InChI=1S/C20H19N5O4S/c1-28-15-9-7-13(8-10-15)19(27)22-20-25-24-18(30-20)11-17(26)23-21-12-14-5-3-4-6-16(14)29-2/h3-10,12H,11H2,1-2H3,(H,23,26)(H,22,25,27)/b21-12-. The van der Waals surface area contributed by atoms with Crippen molar-refractivity contribution in [1.29, 1.82) is 0 Å². The number of aromatic nitrogens is 2. The predicted octanol–water partition coefficient (Wildman–Crippen LogP) is 2.50. The smallest absolute Gasteiger partial charge is 0.257 e. The second-order valence-electron chi connectivity index (χ2n) is 5.90. The zero-order chi connectivity index (χ0) is 21.3. The van der Waals surface area contributed by atoms with Gasteiger partial charge in [-0.05, 0) is 36.4 Å². The maximum absolute atomic E-state index is 12.3. The lowest BCUT2D eigenvalue weighted by molar-refractivity contribution is -0.120. The van der Waals surface area contributed by atoms with Gasteiger partial charge in [0, 0.05) is 11.1 Å². The van der Waals surface area contributed by atoms with E-state index < -0.39 is 0 Å². The third kappa shape index (κ3) is 5.61. The largest absolute Gasteiger partial charge is 0.497 e. The number of benzene rings is 2. The molecule has 0 saturated heterocycles. The molecule has 1 aromatic heterocycles. The molecule has 9 nitrogen and oxygen atoms in total. The number of carbonyl (C=O) groups excluding carboxylic acids is 2. The van der Waals surface area contributed by atoms with Gasteiger partial charge in [0.15, 0.2) is 0 Å². The van der Waals surface area contributed by atoms with Gasteiger partial charge in [-0.25, -0.2) is 5.43 Å². The lowest BCUT2D eigenvalue weighted by Gasteiger charge is -2.03. The van der Waals surface area contributed by atoms with Crippen LogP contribution in [-0.2, 0) is 11.2 Å². The molecule has 0 spiro atoms. The third-order valence-electron chi connectivity index (χ3n) is 3.88. The summed E-state index contributed by atoms with van der Waals surface area (Å²) in [4.78, 5) is 24.3. The number of hydrogen-bond donors (Lipinski definition) is 2. The Kier molecular flexibility index (Phi) is 7.06. The number of hydrazone groups is 1. The molecular formula is C20H19N5O4S. The van der Waals surface area contributed by atoms with Gasteiger partial charge in [0.05, 0.1) is 26.9 Å². The zero-order valence-electron chi connectivity index (χ0n) is 16.3. The van der Waals surface area contributed by atoms with Gasteiger partial charge in [0.2, 0.25) is 11.0 Å². The molecule has 0 aliphatic heterocycles. The Labute approximate surface area is 176 Å². The number of hydrogen-bond acceptors (Lipinski definition) is 8. The minimum atomic E-state index is -0.356. The number of methoxy groups -OCH3 is 2. The topological polar surface area (TPSA) is 115 Å². The Morgan fingerprint density at radius 1 is 1.07 bits per heavy atom. The number of para-hydroxylation sites is 1. The van der Waals surface area contributed by atoms with Crippen molar-refractivity contribution >= 4 is 34.5 Å². The van der Waals surface area contributed by atoms with E-state index in [0.29, 0.717) is 27.2 Å². The maximum atomic E-state index is 12.3. The van der Waals surface area contributed by atoms with Crippen molar-refractivity contribution in [2.75, 3.05) is 19.5 Å². The Hall–Kier alpha value is -3.79. The molecule has 30 heavy (non-hydrogen) atoms. The Morgan fingerprint density at radius 3 is 2.57 bits per heavy atom. The van der Waals surface area contributed by atoms with E-state index in [1.165, 1.54) is 6.21 Å². The molecule has 0 unspecified atom stereocenters. The highest BCUT2D eigenvalue weighted by molar-refractivity contribution is 7.15. The first-order chi connectivity index (χ1) is 14.6. The number of nitrogens with one attached hydrogen (secondary N) is 2. The molecule has 3 aromatic rings. The molecule has 0 fully saturated rings. The first kappa shape index (κ1) is 20.9. The van der Waals surface area contributed by atoms with Crippen LogP contribution in [0.2, 0.25) is 0 Å². The van der Waals surface area contributed by atoms with Crippen LogP contribution >= 0.6 is 11.3 Å². The summed E-state index contributed by atoms with van der Waals surface area (Å²) in [6.07, 6.45) is 1.48. The highest BCUT2D eigenvalue weighted by atomic mass is 32.1. The van der Waals surface area contributed by atoms with Crippen LogP contribution in [0.25, 0.3) is 0 Å². The predicted molar refractivity (Wildman–Crippen MR) is 113 cm³/mol. The van der Waals surface area contributed by atoms with Crippen molar-refractivity contribution in [2.45, 2.75) is 6.42 Å². The highest BCUT2D eigenvalue weighted by Crippen LogP contribution is 2.18.